The van der Waals surface area contributed by atoms with E-state index in [2.05, 4.69) is 5.32 Å². The van der Waals surface area contributed by atoms with E-state index in [9.17, 15) is 22.4 Å². The van der Waals surface area contributed by atoms with E-state index in [4.69, 9.17) is 4.74 Å². The molecule has 0 aliphatic heterocycles. The lowest BCUT2D eigenvalue weighted by molar-refractivity contribution is -0.137. The molecule has 0 aliphatic carbocycles. The Morgan fingerprint density at radius 1 is 0.970 bits per heavy atom. The molecule has 33 heavy (non-hydrogen) atoms. The normalized spacial score (nSPS) is 12.5. The van der Waals surface area contributed by atoms with Crippen molar-refractivity contribution in [3.8, 4) is 5.75 Å². The number of ether oxygens (including phenoxy) is 1. The fourth-order valence-corrected chi connectivity index (χ4v) is 3.45. The van der Waals surface area contributed by atoms with Crippen molar-refractivity contribution in [1.82, 2.24) is 5.32 Å². The molecule has 3 aromatic carbocycles. The summed E-state index contributed by atoms with van der Waals surface area (Å²) in [5.74, 6) is -0.674. The SMILES string of the molecule is CC(C)CC(NC(=O)c1cccc(COc2ccccc2)c1)c1ccc(C(F)(F)F)cc1F. The van der Waals surface area contributed by atoms with Crippen LogP contribution in [0.1, 0.15) is 53.4 Å². The van der Waals surface area contributed by atoms with Crippen LogP contribution in [0.15, 0.2) is 72.8 Å². The molecule has 3 aromatic rings. The van der Waals surface area contributed by atoms with Gasteiger partial charge < -0.3 is 10.1 Å². The molecule has 0 heterocycles. The van der Waals surface area contributed by atoms with Crippen LogP contribution >= 0.6 is 0 Å². The number of carbonyl (C=O) groups is 1. The molecule has 0 radical (unpaired) electrons. The average Bonchev–Trinajstić information content (AvgIpc) is 2.77. The van der Waals surface area contributed by atoms with Crippen molar-refractivity contribution >= 4 is 5.91 Å². The molecule has 0 fully saturated rings. The van der Waals surface area contributed by atoms with Crippen molar-refractivity contribution in [3.05, 3.63) is 101 Å². The van der Waals surface area contributed by atoms with Gasteiger partial charge in [-0.05, 0) is 54.3 Å². The Balaban J connectivity index is 1.76. The molecule has 0 aromatic heterocycles. The number of para-hydroxylation sites is 1. The average molecular weight is 459 g/mol. The highest BCUT2D eigenvalue weighted by Crippen LogP contribution is 2.32. The van der Waals surface area contributed by atoms with Crippen LogP contribution in [0.2, 0.25) is 0 Å². The molecule has 3 nitrogen and oxygen atoms in total. The minimum Gasteiger partial charge on any atom is -0.489 e. The molecule has 1 atom stereocenters. The molecule has 1 amide bonds. The molecular formula is C26H25F4NO2. The molecule has 1 N–H and O–H groups in total. The summed E-state index contributed by atoms with van der Waals surface area (Å²) in [6.45, 7) is 4.04. The van der Waals surface area contributed by atoms with E-state index in [0.29, 0.717) is 23.8 Å². The summed E-state index contributed by atoms with van der Waals surface area (Å²) in [5, 5.41) is 2.78. The van der Waals surface area contributed by atoms with Gasteiger partial charge in [-0.25, -0.2) is 4.39 Å². The Hall–Kier alpha value is -3.35. The van der Waals surface area contributed by atoms with Crippen LogP contribution in [0.4, 0.5) is 17.6 Å². The van der Waals surface area contributed by atoms with Crippen molar-refractivity contribution in [3.63, 3.8) is 0 Å². The molecule has 0 aliphatic rings. The van der Waals surface area contributed by atoms with Crippen LogP contribution in [0, 0.1) is 11.7 Å². The second-order valence-corrected chi connectivity index (χ2v) is 8.19. The molecular weight excluding hydrogens is 434 g/mol. The number of nitrogens with one attached hydrogen (secondary N) is 1. The van der Waals surface area contributed by atoms with Crippen LogP contribution < -0.4 is 10.1 Å². The van der Waals surface area contributed by atoms with E-state index in [0.717, 1.165) is 17.7 Å². The van der Waals surface area contributed by atoms with Gasteiger partial charge in [-0.3, -0.25) is 4.79 Å². The molecule has 1 unspecified atom stereocenters. The van der Waals surface area contributed by atoms with E-state index < -0.39 is 29.5 Å². The van der Waals surface area contributed by atoms with Gasteiger partial charge in [0.05, 0.1) is 11.6 Å². The third-order valence-corrected chi connectivity index (χ3v) is 5.05. The lowest BCUT2D eigenvalue weighted by atomic mass is 9.95. The second kappa shape index (κ2) is 10.5. The standard InChI is InChI=1S/C26H25F4NO2/c1-17(2)13-24(22-12-11-20(15-23(22)27)26(28,29)30)31-25(32)19-8-6-7-18(14-19)16-33-21-9-4-3-5-10-21/h3-12,14-15,17,24H,13,16H2,1-2H3,(H,31,32). The topological polar surface area (TPSA) is 38.3 Å². The number of alkyl halides is 3. The predicted molar refractivity (Wildman–Crippen MR) is 118 cm³/mol. The number of benzene rings is 3. The number of halogens is 4. The van der Waals surface area contributed by atoms with Gasteiger partial charge in [-0.2, -0.15) is 13.2 Å². The smallest absolute Gasteiger partial charge is 0.416 e. The van der Waals surface area contributed by atoms with Crippen molar-refractivity contribution in [2.75, 3.05) is 0 Å². The first kappa shape index (κ1) is 24.3. The number of hydrogen-bond donors (Lipinski definition) is 1. The minimum absolute atomic E-state index is 0.0219. The van der Waals surface area contributed by atoms with Gasteiger partial charge in [-0.1, -0.05) is 50.2 Å². The van der Waals surface area contributed by atoms with E-state index in [1.807, 2.05) is 50.2 Å². The van der Waals surface area contributed by atoms with Crippen LogP contribution in [-0.4, -0.2) is 5.91 Å². The lowest BCUT2D eigenvalue weighted by Crippen LogP contribution is -2.30. The van der Waals surface area contributed by atoms with Crippen molar-refractivity contribution in [2.45, 2.75) is 39.1 Å². The molecule has 0 spiro atoms. The van der Waals surface area contributed by atoms with Gasteiger partial charge in [-0.15, -0.1) is 0 Å². The molecule has 0 bridgehead atoms. The molecule has 3 rings (SSSR count). The highest BCUT2D eigenvalue weighted by molar-refractivity contribution is 5.94. The zero-order valence-electron chi connectivity index (χ0n) is 18.3. The molecule has 174 valence electrons. The van der Waals surface area contributed by atoms with Gasteiger partial charge in [0, 0.05) is 11.1 Å². The highest BCUT2D eigenvalue weighted by atomic mass is 19.4. The van der Waals surface area contributed by atoms with Crippen LogP contribution in [0.25, 0.3) is 0 Å². The zero-order valence-corrected chi connectivity index (χ0v) is 18.3. The number of hydrogen-bond acceptors (Lipinski definition) is 2. The first-order valence-electron chi connectivity index (χ1n) is 10.6. The Morgan fingerprint density at radius 2 is 1.70 bits per heavy atom. The fourth-order valence-electron chi connectivity index (χ4n) is 3.45. The van der Waals surface area contributed by atoms with Gasteiger partial charge >= 0.3 is 6.18 Å². The van der Waals surface area contributed by atoms with E-state index in [1.165, 1.54) is 0 Å². The van der Waals surface area contributed by atoms with Crippen LogP contribution in [0.5, 0.6) is 5.75 Å². The van der Waals surface area contributed by atoms with Gasteiger partial charge in [0.2, 0.25) is 0 Å². The number of rotatable bonds is 8. The van der Waals surface area contributed by atoms with E-state index in [1.54, 1.807) is 18.2 Å². The maximum Gasteiger partial charge on any atom is 0.416 e. The second-order valence-electron chi connectivity index (χ2n) is 8.19. The summed E-state index contributed by atoms with van der Waals surface area (Å²) in [6, 6.07) is 17.7. The van der Waals surface area contributed by atoms with Crippen molar-refractivity contribution in [2.24, 2.45) is 5.92 Å². The van der Waals surface area contributed by atoms with Gasteiger partial charge in [0.15, 0.2) is 0 Å². The van der Waals surface area contributed by atoms with Gasteiger partial charge in [0.25, 0.3) is 5.91 Å². The number of amides is 1. The maximum atomic E-state index is 14.6. The summed E-state index contributed by atoms with van der Waals surface area (Å²) < 4.78 is 59.0. The van der Waals surface area contributed by atoms with Crippen LogP contribution in [-0.2, 0) is 12.8 Å². The quantitative estimate of drug-likeness (QED) is 0.371. The Labute approximate surface area is 190 Å². The Morgan fingerprint density at radius 3 is 2.33 bits per heavy atom. The van der Waals surface area contributed by atoms with Crippen LogP contribution in [0.3, 0.4) is 0 Å². The third kappa shape index (κ3) is 6.81. The summed E-state index contributed by atoms with van der Waals surface area (Å²) in [6.07, 6.45) is -4.27. The molecule has 0 saturated carbocycles. The first-order chi connectivity index (χ1) is 15.6. The fraction of sp³-hybridized carbons (Fsp3) is 0.269. The third-order valence-electron chi connectivity index (χ3n) is 5.05. The zero-order chi connectivity index (χ0) is 24.0. The lowest BCUT2D eigenvalue weighted by Gasteiger charge is -2.22. The minimum atomic E-state index is -4.64. The molecule has 0 saturated heterocycles. The van der Waals surface area contributed by atoms with Crippen molar-refractivity contribution < 1.29 is 27.1 Å². The van der Waals surface area contributed by atoms with Crippen molar-refractivity contribution in [1.29, 1.82) is 0 Å². The summed E-state index contributed by atoms with van der Waals surface area (Å²) >= 11 is 0. The predicted octanol–water partition coefficient (Wildman–Crippen LogP) is 6.94. The largest absolute Gasteiger partial charge is 0.489 e. The summed E-state index contributed by atoms with van der Waals surface area (Å²) in [4.78, 5) is 12.9. The monoisotopic (exact) mass is 459 g/mol. The summed E-state index contributed by atoms with van der Waals surface area (Å²) in [7, 11) is 0. The van der Waals surface area contributed by atoms with Gasteiger partial charge in [0.1, 0.15) is 18.2 Å². The molecule has 7 heteroatoms. The number of carbonyl (C=O) groups excluding carboxylic acids is 1. The first-order valence-corrected chi connectivity index (χ1v) is 10.6. The highest BCUT2D eigenvalue weighted by Gasteiger charge is 2.32. The van der Waals surface area contributed by atoms with E-state index >= 15 is 0 Å². The summed E-state index contributed by atoms with van der Waals surface area (Å²) in [5.41, 5.74) is 0.0796. The van der Waals surface area contributed by atoms with E-state index in [-0.39, 0.29) is 18.1 Å². The Kier molecular flexibility index (Phi) is 7.74. The maximum absolute atomic E-state index is 14.6. The Bertz CT molecular complexity index is 1080.